The number of thioether (sulfide) groups is 1. The SMILES string of the molecule is CCNC(=O)CSCc1nc(Cl)c2ccsc2n1. The lowest BCUT2D eigenvalue weighted by molar-refractivity contribution is -0.118. The molecule has 0 aromatic carbocycles. The lowest BCUT2D eigenvalue weighted by Gasteiger charge is -2.02. The topological polar surface area (TPSA) is 54.9 Å². The van der Waals surface area contributed by atoms with Gasteiger partial charge in [0.2, 0.25) is 5.91 Å². The van der Waals surface area contributed by atoms with Crippen LogP contribution in [0.1, 0.15) is 12.7 Å². The van der Waals surface area contributed by atoms with Crippen molar-refractivity contribution in [3.8, 4) is 0 Å². The number of aromatic nitrogens is 2. The summed E-state index contributed by atoms with van der Waals surface area (Å²) < 4.78 is 0. The summed E-state index contributed by atoms with van der Waals surface area (Å²) in [5.41, 5.74) is 0. The molecule has 7 heteroatoms. The molecule has 2 heterocycles. The molecule has 0 aliphatic rings. The summed E-state index contributed by atoms with van der Waals surface area (Å²) in [5.74, 6) is 1.71. The summed E-state index contributed by atoms with van der Waals surface area (Å²) in [6.07, 6.45) is 0. The minimum absolute atomic E-state index is 0.0331. The molecule has 2 rings (SSSR count). The van der Waals surface area contributed by atoms with Gasteiger partial charge in [-0.05, 0) is 18.4 Å². The van der Waals surface area contributed by atoms with Crippen molar-refractivity contribution in [2.75, 3.05) is 12.3 Å². The van der Waals surface area contributed by atoms with Gasteiger partial charge in [0.25, 0.3) is 0 Å². The van der Waals surface area contributed by atoms with Crippen LogP contribution < -0.4 is 5.32 Å². The second kappa shape index (κ2) is 6.36. The molecular formula is C11H12ClN3OS2. The van der Waals surface area contributed by atoms with E-state index >= 15 is 0 Å². The number of nitrogens with zero attached hydrogens (tertiary/aromatic N) is 2. The Morgan fingerprint density at radius 3 is 3.17 bits per heavy atom. The van der Waals surface area contributed by atoms with E-state index in [0.717, 1.165) is 10.2 Å². The molecular weight excluding hydrogens is 290 g/mol. The number of halogens is 1. The predicted octanol–water partition coefficient (Wildman–Crippen LogP) is 2.71. The van der Waals surface area contributed by atoms with E-state index in [4.69, 9.17) is 11.6 Å². The second-order valence-corrected chi connectivity index (χ2v) is 5.75. The monoisotopic (exact) mass is 301 g/mol. The molecule has 0 fully saturated rings. The average Bonchev–Trinajstić information content (AvgIpc) is 2.78. The molecule has 0 spiro atoms. The van der Waals surface area contributed by atoms with Gasteiger partial charge in [-0.1, -0.05) is 11.6 Å². The number of rotatable bonds is 5. The van der Waals surface area contributed by atoms with Gasteiger partial charge in [-0.15, -0.1) is 23.1 Å². The molecule has 0 saturated carbocycles. The third-order valence-electron chi connectivity index (χ3n) is 2.16. The zero-order chi connectivity index (χ0) is 13.0. The van der Waals surface area contributed by atoms with Crippen LogP contribution >= 0.6 is 34.7 Å². The summed E-state index contributed by atoms with van der Waals surface area (Å²) in [5, 5.41) is 6.05. The Bertz CT molecular complexity index is 558. The molecule has 0 aliphatic heterocycles. The first kappa shape index (κ1) is 13.6. The fourth-order valence-corrected chi connectivity index (χ4v) is 3.20. The largest absolute Gasteiger partial charge is 0.356 e. The quantitative estimate of drug-likeness (QED) is 0.863. The number of amides is 1. The van der Waals surface area contributed by atoms with Crippen LogP contribution in [0, 0.1) is 0 Å². The molecule has 0 radical (unpaired) electrons. The molecule has 2 aromatic rings. The minimum atomic E-state index is 0.0331. The van der Waals surface area contributed by atoms with Crippen LogP contribution in [0.3, 0.4) is 0 Å². The number of fused-ring (bicyclic) bond motifs is 1. The van der Waals surface area contributed by atoms with E-state index in [0.29, 0.717) is 29.0 Å². The summed E-state index contributed by atoms with van der Waals surface area (Å²) in [6, 6.07) is 1.91. The summed E-state index contributed by atoms with van der Waals surface area (Å²) in [4.78, 5) is 20.8. The first-order chi connectivity index (χ1) is 8.70. The highest BCUT2D eigenvalue weighted by Gasteiger charge is 2.08. The van der Waals surface area contributed by atoms with Crippen LogP contribution in [0.5, 0.6) is 0 Å². The van der Waals surface area contributed by atoms with E-state index in [1.165, 1.54) is 23.1 Å². The van der Waals surface area contributed by atoms with Crippen molar-refractivity contribution in [3.63, 3.8) is 0 Å². The molecule has 1 N–H and O–H groups in total. The Kier molecular flexibility index (Phi) is 4.79. The fourth-order valence-electron chi connectivity index (χ4n) is 1.41. The van der Waals surface area contributed by atoms with Gasteiger partial charge in [0.1, 0.15) is 15.8 Å². The predicted molar refractivity (Wildman–Crippen MR) is 77.3 cm³/mol. The molecule has 4 nitrogen and oxygen atoms in total. The molecule has 96 valence electrons. The lowest BCUT2D eigenvalue weighted by atomic mass is 10.4. The summed E-state index contributed by atoms with van der Waals surface area (Å²) in [7, 11) is 0. The van der Waals surface area contributed by atoms with E-state index in [1.54, 1.807) is 0 Å². The normalized spacial score (nSPS) is 10.8. The Labute approximate surface area is 118 Å². The van der Waals surface area contributed by atoms with Gasteiger partial charge in [0, 0.05) is 11.9 Å². The number of nitrogens with one attached hydrogen (secondary N) is 1. The maximum Gasteiger partial charge on any atom is 0.229 e. The number of carbonyl (C=O) groups is 1. The smallest absolute Gasteiger partial charge is 0.229 e. The average molecular weight is 302 g/mol. The van der Waals surface area contributed by atoms with Gasteiger partial charge in [-0.2, -0.15) is 0 Å². The van der Waals surface area contributed by atoms with Crippen molar-refractivity contribution < 1.29 is 4.79 Å². The van der Waals surface area contributed by atoms with Crippen molar-refractivity contribution in [1.29, 1.82) is 0 Å². The summed E-state index contributed by atoms with van der Waals surface area (Å²) in [6.45, 7) is 2.55. The van der Waals surface area contributed by atoms with Crippen molar-refractivity contribution in [3.05, 3.63) is 22.4 Å². The Morgan fingerprint density at radius 1 is 1.56 bits per heavy atom. The van der Waals surface area contributed by atoms with Gasteiger partial charge in [-0.25, -0.2) is 9.97 Å². The van der Waals surface area contributed by atoms with Gasteiger partial charge < -0.3 is 5.32 Å². The van der Waals surface area contributed by atoms with E-state index < -0.39 is 0 Å². The van der Waals surface area contributed by atoms with Crippen LogP contribution in [0.25, 0.3) is 10.2 Å². The molecule has 0 unspecified atom stereocenters. The van der Waals surface area contributed by atoms with Crippen molar-refractivity contribution in [1.82, 2.24) is 15.3 Å². The van der Waals surface area contributed by atoms with Crippen LogP contribution in [0.2, 0.25) is 5.15 Å². The number of hydrogen-bond acceptors (Lipinski definition) is 5. The Hall–Kier alpha value is -0.850. The highest BCUT2D eigenvalue weighted by molar-refractivity contribution is 7.99. The number of thiophene rings is 1. The Morgan fingerprint density at radius 2 is 2.39 bits per heavy atom. The Balaban J connectivity index is 1.97. The molecule has 0 bridgehead atoms. The van der Waals surface area contributed by atoms with Gasteiger partial charge in [-0.3, -0.25) is 4.79 Å². The zero-order valence-corrected chi connectivity index (χ0v) is 12.2. The molecule has 0 aliphatic carbocycles. The van der Waals surface area contributed by atoms with Crippen LogP contribution in [-0.2, 0) is 10.5 Å². The maximum atomic E-state index is 11.3. The first-order valence-electron chi connectivity index (χ1n) is 5.44. The highest BCUT2D eigenvalue weighted by Crippen LogP contribution is 2.25. The molecule has 2 aromatic heterocycles. The van der Waals surface area contributed by atoms with Crippen molar-refractivity contribution in [2.24, 2.45) is 0 Å². The van der Waals surface area contributed by atoms with Gasteiger partial charge in [0.05, 0.1) is 11.5 Å². The number of carbonyl (C=O) groups excluding carboxylic acids is 1. The maximum absolute atomic E-state index is 11.3. The van der Waals surface area contributed by atoms with Gasteiger partial charge in [0.15, 0.2) is 0 Å². The van der Waals surface area contributed by atoms with Gasteiger partial charge >= 0.3 is 0 Å². The zero-order valence-electron chi connectivity index (χ0n) is 9.77. The molecule has 0 atom stereocenters. The van der Waals surface area contributed by atoms with E-state index in [2.05, 4.69) is 15.3 Å². The minimum Gasteiger partial charge on any atom is -0.356 e. The molecule has 18 heavy (non-hydrogen) atoms. The van der Waals surface area contributed by atoms with Crippen molar-refractivity contribution in [2.45, 2.75) is 12.7 Å². The van der Waals surface area contributed by atoms with Crippen LogP contribution in [-0.4, -0.2) is 28.2 Å². The lowest BCUT2D eigenvalue weighted by Crippen LogP contribution is -2.24. The fraction of sp³-hybridized carbons (Fsp3) is 0.364. The summed E-state index contributed by atoms with van der Waals surface area (Å²) >= 11 is 9.08. The van der Waals surface area contributed by atoms with E-state index in [9.17, 15) is 4.79 Å². The van der Waals surface area contributed by atoms with E-state index in [-0.39, 0.29) is 5.91 Å². The molecule has 0 saturated heterocycles. The molecule has 1 amide bonds. The third kappa shape index (κ3) is 3.34. The second-order valence-electron chi connectivity index (χ2n) is 3.52. The first-order valence-corrected chi connectivity index (χ1v) is 7.86. The van der Waals surface area contributed by atoms with Crippen LogP contribution in [0.4, 0.5) is 0 Å². The van der Waals surface area contributed by atoms with Crippen LogP contribution in [0.15, 0.2) is 11.4 Å². The third-order valence-corrected chi connectivity index (χ3v) is 4.19. The highest BCUT2D eigenvalue weighted by atomic mass is 35.5. The number of hydrogen-bond donors (Lipinski definition) is 1. The van der Waals surface area contributed by atoms with E-state index in [1.807, 2.05) is 18.4 Å². The van der Waals surface area contributed by atoms with Crippen molar-refractivity contribution >= 4 is 50.8 Å². The standard InChI is InChI=1S/C11H12ClN3OS2/c1-2-13-9(16)6-17-5-8-14-10(12)7-3-4-18-11(7)15-8/h3-4H,2,5-6H2,1H3,(H,13,16).